The largest absolute Gasteiger partial charge is 0.308 e. The highest BCUT2D eigenvalue weighted by molar-refractivity contribution is 7.88. The molecule has 0 bridgehead atoms. The summed E-state index contributed by atoms with van der Waals surface area (Å²) in [5.74, 6) is -0.0459. The Labute approximate surface area is 130 Å². The number of fused-ring (bicyclic) bond motifs is 1. The molecule has 22 heavy (non-hydrogen) atoms. The second-order valence-corrected chi connectivity index (χ2v) is 7.01. The number of hydrogen-bond acceptors (Lipinski definition) is 3. The average molecular weight is 314 g/mol. The number of rotatable bonds is 5. The van der Waals surface area contributed by atoms with Gasteiger partial charge in [-0.3, -0.25) is 0 Å². The minimum Gasteiger partial charge on any atom is -0.308 e. The summed E-state index contributed by atoms with van der Waals surface area (Å²) in [6, 6.07) is 17.2. The van der Waals surface area contributed by atoms with Crippen molar-refractivity contribution < 1.29 is 8.42 Å². The van der Waals surface area contributed by atoms with Crippen molar-refractivity contribution in [3.63, 3.8) is 0 Å². The maximum Gasteiger partial charge on any atom is 0.232 e. The number of benzene rings is 2. The van der Waals surface area contributed by atoms with Crippen LogP contribution in [0.1, 0.15) is 23.1 Å². The van der Waals surface area contributed by atoms with Gasteiger partial charge >= 0.3 is 0 Å². The Bertz CT molecular complexity index is 783. The summed E-state index contributed by atoms with van der Waals surface area (Å²) in [7, 11) is -3.44. The van der Waals surface area contributed by atoms with E-state index in [1.807, 2.05) is 42.5 Å². The van der Waals surface area contributed by atoms with Gasteiger partial charge in [-0.05, 0) is 24.0 Å². The number of hydrazine groups is 1. The number of sulfonamides is 1. The molecule has 5 heteroatoms. The van der Waals surface area contributed by atoms with Crippen molar-refractivity contribution in [1.82, 2.24) is 10.3 Å². The van der Waals surface area contributed by atoms with Crippen LogP contribution in [0.3, 0.4) is 0 Å². The fourth-order valence-electron chi connectivity index (χ4n) is 2.56. The molecule has 3 rings (SSSR count). The van der Waals surface area contributed by atoms with Crippen LogP contribution in [0.5, 0.6) is 0 Å². The Morgan fingerprint density at radius 3 is 2.50 bits per heavy atom. The molecule has 0 aromatic heterocycles. The Morgan fingerprint density at radius 1 is 0.955 bits per heavy atom. The van der Waals surface area contributed by atoms with Gasteiger partial charge in [-0.15, -0.1) is 4.83 Å². The summed E-state index contributed by atoms with van der Waals surface area (Å²) in [6.07, 6.45) is 3.91. The normalized spacial score (nSPS) is 14.1. The lowest BCUT2D eigenvalue weighted by atomic mass is 9.95. The highest BCUT2D eigenvalue weighted by atomic mass is 32.2. The van der Waals surface area contributed by atoms with E-state index in [2.05, 4.69) is 16.3 Å². The maximum atomic E-state index is 12.2. The third kappa shape index (κ3) is 3.55. The molecule has 114 valence electrons. The summed E-state index contributed by atoms with van der Waals surface area (Å²) in [6.45, 7) is 0. The van der Waals surface area contributed by atoms with Crippen molar-refractivity contribution in [2.45, 2.75) is 18.6 Å². The Hall–Kier alpha value is -2.11. The number of hydrogen-bond donors (Lipinski definition) is 2. The van der Waals surface area contributed by atoms with Gasteiger partial charge < -0.3 is 5.43 Å². The molecule has 2 N–H and O–H groups in total. The Morgan fingerprint density at radius 2 is 1.68 bits per heavy atom. The topological polar surface area (TPSA) is 58.2 Å². The molecule has 4 nitrogen and oxygen atoms in total. The SMILES string of the molecule is O=S(=O)(Cc1ccccc1)NNC1=CCCc2ccccc21. The van der Waals surface area contributed by atoms with Crippen molar-refractivity contribution in [1.29, 1.82) is 0 Å². The highest BCUT2D eigenvalue weighted by Gasteiger charge is 2.15. The van der Waals surface area contributed by atoms with Crippen LogP contribution in [-0.2, 0) is 22.2 Å². The van der Waals surface area contributed by atoms with Crippen LogP contribution in [0.25, 0.3) is 5.70 Å². The van der Waals surface area contributed by atoms with E-state index in [1.54, 1.807) is 12.1 Å². The molecule has 0 heterocycles. The maximum absolute atomic E-state index is 12.2. The average Bonchev–Trinajstić information content (AvgIpc) is 2.53. The van der Waals surface area contributed by atoms with E-state index in [-0.39, 0.29) is 5.75 Å². The van der Waals surface area contributed by atoms with Gasteiger partial charge in [-0.25, -0.2) is 8.42 Å². The third-order valence-electron chi connectivity index (χ3n) is 3.61. The highest BCUT2D eigenvalue weighted by Crippen LogP contribution is 2.23. The first-order chi connectivity index (χ1) is 10.6. The summed E-state index contributed by atoms with van der Waals surface area (Å²) in [4.78, 5) is 2.47. The summed E-state index contributed by atoms with van der Waals surface area (Å²) >= 11 is 0. The predicted molar refractivity (Wildman–Crippen MR) is 88.1 cm³/mol. The molecule has 0 saturated carbocycles. The van der Waals surface area contributed by atoms with Crippen LogP contribution >= 0.6 is 0 Å². The zero-order chi connectivity index (χ0) is 15.4. The number of aryl methyl sites for hydroxylation is 1. The molecule has 0 aliphatic heterocycles. The first-order valence-electron chi connectivity index (χ1n) is 7.22. The molecule has 0 amide bonds. The van der Waals surface area contributed by atoms with Gasteiger partial charge in [0.2, 0.25) is 10.0 Å². The standard InChI is InChI=1S/C17H18N2O2S/c20-22(21,13-14-7-2-1-3-8-14)19-18-17-12-6-10-15-9-4-5-11-16(15)17/h1-5,7-9,11-12,18-19H,6,10,13H2. The molecule has 0 atom stereocenters. The van der Waals surface area contributed by atoms with Gasteiger partial charge in [0.05, 0.1) is 11.4 Å². The van der Waals surface area contributed by atoms with E-state index >= 15 is 0 Å². The summed E-state index contributed by atoms with van der Waals surface area (Å²) < 4.78 is 24.3. The smallest absolute Gasteiger partial charge is 0.232 e. The third-order valence-corrected chi connectivity index (χ3v) is 4.74. The van der Waals surface area contributed by atoms with Gasteiger partial charge in [0.1, 0.15) is 0 Å². The molecule has 2 aromatic carbocycles. The van der Waals surface area contributed by atoms with Crippen molar-refractivity contribution in [3.8, 4) is 0 Å². The van der Waals surface area contributed by atoms with Crippen molar-refractivity contribution in [2.24, 2.45) is 0 Å². The summed E-state index contributed by atoms with van der Waals surface area (Å²) in [5, 5.41) is 0. The van der Waals surface area contributed by atoms with Gasteiger partial charge in [-0.2, -0.15) is 0 Å². The fraction of sp³-hybridized carbons (Fsp3) is 0.176. The Balaban J connectivity index is 1.69. The Kier molecular flexibility index (Phi) is 4.27. The second kappa shape index (κ2) is 6.34. The lowest BCUT2D eigenvalue weighted by Gasteiger charge is -2.19. The van der Waals surface area contributed by atoms with E-state index in [4.69, 9.17) is 0 Å². The molecule has 0 spiro atoms. The molecular weight excluding hydrogens is 296 g/mol. The quantitative estimate of drug-likeness (QED) is 0.834. The van der Waals surface area contributed by atoms with E-state index in [0.717, 1.165) is 29.7 Å². The molecular formula is C17H18N2O2S. The number of allylic oxidation sites excluding steroid dienone is 1. The molecule has 0 saturated heterocycles. The van der Waals surface area contributed by atoms with Crippen LogP contribution in [0.4, 0.5) is 0 Å². The minimum atomic E-state index is -3.44. The van der Waals surface area contributed by atoms with Crippen LogP contribution in [0.2, 0.25) is 0 Å². The number of nitrogens with one attached hydrogen (secondary N) is 2. The molecule has 0 unspecified atom stereocenters. The van der Waals surface area contributed by atoms with E-state index in [0.29, 0.717) is 0 Å². The van der Waals surface area contributed by atoms with Gasteiger partial charge in [0.15, 0.2) is 0 Å². The monoisotopic (exact) mass is 314 g/mol. The predicted octanol–water partition coefficient (Wildman–Crippen LogP) is 2.60. The van der Waals surface area contributed by atoms with E-state index < -0.39 is 10.0 Å². The van der Waals surface area contributed by atoms with Crippen LogP contribution in [0.15, 0.2) is 60.7 Å². The molecule has 2 aromatic rings. The van der Waals surface area contributed by atoms with Crippen molar-refractivity contribution in [2.75, 3.05) is 0 Å². The lowest BCUT2D eigenvalue weighted by molar-refractivity contribution is 0.574. The van der Waals surface area contributed by atoms with Gasteiger partial charge in [0, 0.05) is 5.56 Å². The van der Waals surface area contributed by atoms with Crippen LogP contribution < -0.4 is 10.3 Å². The van der Waals surface area contributed by atoms with Gasteiger partial charge in [0.25, 0.3) is 0 Å². The van der Waals surface area contributed by atoms with Crippen LogP contribution in [-0.4, -0.2) is 8.42 Å². The lowest BCUT2D eigenvalue weighted by Crippen LogP contribution is -2.37. The first-order valence-corrected chi connectivity index (χ1v) is 8.87. The molecule has 1 aliphatic rings. The zero-order valence-electron chi connectivity index (χ0n) is 12.1. The molecule has 1 aliphatic carbocycles. The zero-order valence-corrected chi connectivity index (χ0v) is 12.9. The summed E-state index contributed by atoms with van der Waals surface area (Å²) in [5.41, 5.74) is 6.72. The van der Waals surface area contributed by atoms with Crippen molar-refractivity contribution >= 4 is 15.7 Å². The second-order valence-electron chi connectivity index (χ2n) is 5.29. The molecule has 0 fully saturated rings. The van der Waals surface area contributed by atoms with Gasteiger partial charge in [-0.1, -0.05) is 60.7 Å². The van der Waals surface area contributed by atoms with Crippen molar-refractivity contribution in [3.05, 3.63) is 77.4 Å². The minimum absolute atomic E-state index is 0.0459. The molecule has 0 radical (unpaired) electrons. The first kappa shape index (κ1) is 14.8. The fourth-order valence-corrected chi connectivity index (χ4v) is 3.53. The van der Waals surface area contributed by atoms with Crippen LogP contribution in [0, 0.1) is 0 Å². The van der Waals surface area contributed by atoms with E-state index in [1.165, 1.54) is 5.56 Å². The van der Waals surface area contributed by atoms with E-state index in [9.17, 15) is 8.42 Å².